The van der Waals surface area contributed by atoms with Crippen molar-refractivity contribution in [3.05, 3.63) is 17.3 Å². The van der Waals surface area contributed by atoms with Crippen LogP contribution in [0.25, 0.3) is 0 Å². The molecule has 96 valence electrons. The zero-order chi connectivity index (χ0) is 12.2. The monoisotopic (exact) mass is 264 g/mol. The van der Waals surface area contributed by atoms with E-state index in [0.717, 1.165) is 24.8 Å². The summed E-state index contributed by atoms with van der Waals surface area (Å²) >= 11 is 5.79. The van der Waals surface area contributed by atoms with Gasteiger partial charge in [0.15, 0.2) is 11.0 Å². The van der Waals surface area contributed by atoms with Crippen LogP contribution < -0.4 is 4.90 Å². The van der Waals surface area contributed by atoms with E-state index in [4.69, 9.17) is 11.6 Å². The van der Waals surface area contributed by atoms with Crippen LogP contribution in [0.3, 0.4) is 0 Å². The first-order valence-electron chi connectivity index (χ1n) is 6.77. The molecule has 1 spiro atoms. The Hall–Kier alpha value is -0.870. The lowest BCUT2D eigenvalue weighted by Crippen LogP contribution is -2.44. The smallest absolute Gasteiger partial charge is 0.151 e. The molecule has 1 atom stereocenters. The lowest BCUT2D eigenvalue weighted by atomic mass is 9.85. The lowest BCUT2D eigenvalue weighted by Gasteiger charge is -2.31. The fourth-order valence-electron chi connectivity index (χ4n) is 4.20. The fourth-order valence-corrected chi connectivity index (χ4v) is 4.30. The number of piperidine rings is 1. The number of rotatable bonds is 1. The first-order valence-corrected chi connectivity index (χ1v) is 7.15. The molecule has 3 fully saturated rings. The van der Waals surface area contributed by atoms with Gasteiger partial charge in [-0.15, -0.1) is 10.2 Å². The highest BCUT2D eigenvalue weighted by molar-refractivity contribution is 6.29. The molecule has 1 aromatic heterocycles. The maximum atomic E-state index is 5.79. The predicted octanol–water partition coefficient (Wildman–Crippen LogP) is 1.80. The molecule has 18 heavy (non-hydrogen) atoms. The maximum absolute atomic E-state index is 5.79. The first kappa shape index (κ1) is 11.0. The molecule has 0 saturated carbocycles. The normalized spacial score (nSPS) is 37.9. The summed E-state index contributed by atoms with van der Waals surface area (Å²) in [7, 11) is 0. The van der Waals surface area contributed by atoms with Crippen LogP contribution in [0.4, 0.5) is 5.82 Å². The Morgan fingerprint density at radius 1 is 1.17 bits per heavy atom. The molecule has 0 aromatic carbocycles. The van der Waals surface area contributed by atoms with Crippen LogP contribution in [0.5, 0.6) is 0 Å². The van der Waals surface area contributed by atoms with E-state index in [1.165, 1.54) is 32.4 Å². The summed E-state index contributed by atoms with van der Waals surface area (Å²) in [5.41, 5.74) is 0.446. The van der Waals surface area contributed by atoms with E-state index >= 15 is 0 Å². The largest absolute Gasteiger partial charge is 0.353 e. The predicted molar refractivity (Wildman–Crippen MR) is 70.9 cm³/mol. The Balaban J connectivity index is 1.59. The Morgan fingerprint density at radius 2 is 2.00 bits per heavy atom. The van der Waals surface area contributed by atoms with E-state index in [9.17, 15) is 0 Å². The van der Waals surface area contributed by atoms with E-state index in [2.05, 4.69) is 20.0 Å². The molecule has 5 heteroatoms. The number of halogens is 1. The third-order valence-electron chi connectivity index (χ3n) is 5.11. The number of nitrogens with zero attached hydrogens (tertiary/aromatic N) is 4. The van der Waals surface area contributed by atoms with Gasteiger partial charge in [-0.2, -0.15) is 0 Å². The van der Waals surface area contributed by atoms with Crippen molar-refractivity contribution in [2.45, 2.75) is 24.8 Å². The van der Waals surface area contributed by atoms with Crippen molar-refractivity contribution in [3.8, 4) is 0 Å². The van der Waals surface area contributed by atoms with Crippen molar-refractivity contribution in [1.82, 2.24) is 15.1 Å². The highest BCUT2D eigenvalue weighted by Crippen LogP contribution is 2.48. The summed E-state index contributed by atoms with van der Waals surface area (Å²) in [6, 6.07) is 3.82. The van der Waals surface area contributed by atoms with E-state index in [-0.39, 0.29) is 0 Å². The molecule has 1 unspecified atom stereocenters. The van der Waals surface area contributed by atoms with Crippen LogP contribution in [0.2, 0.25) is 5.15 Å². The Kier molecular flexibility index (Phi) is 2.33. The maximum Gasteiger partial charge on any atom is 0.151 e. The average molecular weight is 265 g/mol. The van der Waals surface area contributed by atoms with Crippen LogP contribution in [-0.4, -0.2) is 46.8 Å². The molecule has 3 saturated heterocycles. The molecular formula is C13H17ClN4. The van der Waals surface area contributed by atoms with E-state index in [1.807, 2.05) is 12.1 Å². The summed E-state index contributed by atoms with van der Waals surface area (Å²) < 4.78 is 0. The van der Waals surface area contributed by atoms with Crippen LogP contribution >= 0.6 is 11.6 Å². The molecule has 0 radical (unpaired) electrons. The second kappa shape index (κ2) is 3.81. The van der Waals surface area contributed by atoms with Gasteiger partial charge in [0.05, 0.1) is 0 Å². The quantitative estimate of drug-likeness (QED) is 0.774. The molecule has 4 nitrogen and oxygen atoms in total. The third-order valence-corrected chi connectivity index (χ3v) is 5.31. The highest BCUT2D eigenvalue weighted by atomic mass is 35.5. The molecule has 4 heterocycles. The van der Waals surface area contributed by atoms with Gasteiger partial charge in [-0.05, 0) is 50.4 Å². The third kappa shape index (κ3) is 1.42. The van der Waals surface area contributed by atoms with Gasteiger partial charge < -0.3 is 4.90 Å². The highest BCUT2D eigenvalue weighted by Gasteiger charge is 2.55. The van der Waals surface area contributed by atoms with Gasteiger partial charge in [-0.25, -0.2) is 0 Å². The number of hydrogen-bond acceptors (Lipinski definition) is 4. The van der Waals surface area contributed by atoms with E-state index in [0.29, 0.717) is 10.7 Å². The molecule has 0 aliphatic carbocycles. The van der Waals surface area contributed by atoms with Crippen LogP contribution in [0.15, 0.2) is 12.1 Å². The Labute approximate surface area is 112 Å². The topological polar surface area (TPSA) is 32.3 Å². The van der Waals surface area contributed by atoms with Crippen molar-refractivity contribution in [3.63, 3.8) is 0 Å². The van der Waals surface area contributed by atoms with Gasteiger partial charge >= 0.3 is 0 Å². The lowest BCUT2D eigenvalue weighted by molar-refractivity contribution is 0.194. The molecular weight excluding hydrogens is 248 g/mol. The van der Waals surface area contributed by atoms with Gasteiger partial charge in [-0.1, -0.05) is 11.6 Å². The van der Waals surface area contributed by atoms with Crippen molar-refractivity contribution in [1.29, 1.82) is 0 Å². The summed E-state index contributed by atoms with van der Waals surface area (Å²) in [6.45, 7) is 4.81. The minimum absolute atomic E-state index is 0.446. The second-order valence-corrected chi connectivity index (χ2v) is 6.14. The van der Waals surface area contributed by atoms with Crippen molar-refractivity contribution in [2.24, 2.45) is 5.92 Å². The average Bonchev–Trinajstić information content (AvgIpc) is 3.08. The molecule has 0 N–H and O–H groups in total. The number of hydrogen-bond donors (Lipinski definition) is 0. The van der Waals surface area contributed by atoms with E-state index in [1.54, 1.807) is 0 Å². The summed E-state index contributed by atoms with van der Waals surface area (Å²) in [6.07, 6.45) is 4.06. The minimum atomic E-state index is 0.446. The van der Waals surface area contributed by atoms with Gasteiger partial charge in [0, 0.05) is 18.6 Å². The van der Waals surface area contributed by atoms with Gasteiger partial charge in [0.1, 0.15) is 0 Å². The van der Waals surface area contributed by atoms with Gasteiger partial charge in [0.2, 0.25) is 0 Å². The SMILES string of the molecule is Clc1ccc(N2CCC3(C2)C2CCN3CC2)nn1. The van der Waals surface area contributed by atoms with Crippen molar-refractivity contribution < 1.29 is 0 Å². The molecule has 2 bridgehead atoms. The zero-order valence-electron chi connectivity index (χ0n) is 10.3. The van der Waals surface area contributed by atoms with Crippen molar-refractivity contribution >= 4 is 17.4 Å². The zero-order valence-corrected chi connectivity index (χ0v) is 11.1. The van der Waals surface area contributed by atoms with Gasteiger partial charge in [-0.3, -0.25) is 4.90 Å². The Morgan fingerprint density at radius 3 is 2.61 bits per heavy atom. The van der Waals surface area contributed by atoms with Crippen molar-refractivity contribution in [2.75, 3.05) is 31.1 Å². The second-order valence-electron chi connectivity index (χ2n) is 5.75. The van der Waals surface area contributed by atoms with Crippen LogP contribution in [0.1, 0.15) is 19.3 Å². The van der Waals surface area contributed by atoms with Crippen LogP contribution in [0, 0.1) is 5.92 Å². The number of aromatic nitrogens is 2. The molecule has 3 aliphatic rings. The van der Waals surface area contributed by atoms with Crippen LogP contribution in [-0.2, 0) is 0 Å². The fraction of sp³-hybridized carbons (Fsp3) is 0.692. The molecule has 0 amide bonds. The molecule has 4 rings (SSSR count). The minimum Gasteiger partial charge on any atom is -0.353 e. The summed E-state index contributed by atoms with van der Waals surface area (Å²) in [4.78, 5) is 5.08. The first-order chi connectivity index (χ1) is 8.78. The summed E-state index contributed by atoms with van der Waals surface area (Å²) in [5, 5.41) is 8.63. The molecule has 1 aromatic rings. The summed E-state index contributed by atoms with van der Waals surface area (Å²) in [5.74, 6) is 1.88. The van der Waals surface area contributed by atoms with Gasteiger partial charge in [0.25, 0.3) is 0 Å². The standard InChI is InChI=1S/C13H17ClN4/c14-11-1-2-12(16-15-11)17-8-5-13(9-17)10-3-6-18(13)7-4-10/h1-2,10H,3-9H2. The molecule has 3 aliphatic heterocycles. The number of anilines is 1. The van der Waals surface area contributed by atoms with E-state index < -0.39 is 0 Å². The Bertz CT molecular complexity index is 441.